The Labute approximate surface area is 181 Å². The minimum atomic E-state index is -0.899. The van der Waals surface area contributed by atoms with E-state index >= 15 is 0 Å². The van der Waals surface area contributed by atoms with Crippen LogP contribution < -0.4 is 5.32 Å². The molecular weight excluding hydrogens is 393 g/mol. The van der Waals surface area contributed by atoms with E-state index in [0.29, 0.717) is 43.3 Å². The second-order valence-electron chi connectivity index (χ2n) is 8.17. The molecule has 0 radical (unpaired) electrons. The molecule has 6 nitrogen and oxygen atoms in total. The van der Waals surface area contributed by atoms with Crippen LogP contribution in [0.15, 0.2) is 58.9 Å². The fraction of sp³-hybridized carbons (Fsp3) is 0.375. The minimum Gasteiger partial charge on any atom is -0.379 e. The number of morpholine rings is 1. The van der Waals surface area contributed by atoms with Crippen molar-refractivity contribution in [3.8, 4) is 6.07 Å². The molecule has 2 aromatic rings. The van der Waals surface area contributed by atoms with Crippen molar-refractivity contribution in [2.75, 3.05) is 32.8 Å². The highest BCUT2D eigenvalue weighted by atomic mass is 19.1. The van der Waals surface area contributed by atoms with E-state index < -0.39 is 5.54 Å². The third-order valence-corrected chi connectivity index (χ3v) is 6.29. The van der Waals surface area contributed by atoms with E-state index in [1.54, 1.807) is 12.3 Å². The summed E-state index contributed by atoms with van der Waals surface area (Å²) in [6, 6.07) is 13.0. The van der Waals surface area contributed by atoms with E-state index in [1.807, 2.05) is 24.3 Å². The molecule has 5 rings (SSSR count). The predicted molar refractivity (Wildman–Crippen MR) is 115 cm³/mol. The van der Waals surface area contributed by atoms with Gasteiger partial charge in [0.1, 0.15) is 17.1 Å². The summed E-state index contributed by atoms with van der Waals surface area (Å²) >= 11 is 0. The first-order valence-electron chi connectivity index (χ1n) is 10.7. The molecule has 0 saturated carbocycles. The number of fused-ring (bicyclic) bond motifs is 2. The summed E-state index contributed by atoms with van der Waals surface area (Å²) in [4.78, 5) is 11.8. The fourth-order valence-electron chi connectivity index (χ4n) is 4.81. The molecule has 1 aromatic heterocycles. The molecule has 2 aliphatic heterocycles. The Kier molecular flexibility index (Phi) is 5.26. The van der Waals surface area contributed by atoms with E-state index in [0.717, 1.165) is 42.8 Å². The molecule has 1 aromatic carbocycles. The van der Waals surface area contributed by atoms with Crippen LogP contribution in [-0.4, -0.2) is 48.6 Å². The maximum atomic E-state index is 14.4. The van der Waals surface area contributed by atoms with Gasteiger partial charge in [0.05, 0.1) is 24.9 Å². The van der Waals surface area contributed by atoms with Crippen molar-refractivity contribution >= 4 is 5.84 Å². The molecule has 158 valence electrons. The van der Waals surface area contributed by atoms with Crippen molar-refractivity contribution in [3.05, 3.63) is 76.5 Å². The van der Waals surface area contributed by atoms with Gasteiger partial charge in [-0.2, -0.15) is 5.26 Å². The second-order valence-corrected chi connectivity index (χ2v) is 8.17. The van der Waals surface area contributed by atoms with Gasteiger partial charge in [-0.15, -0.1) is 0 Å². The molecule has 0 amide bonds. The third-order valence-electron chi connectivity index (χ3n) is 6.29. The summed E-state index contributed by atoms with van der Waals surface area (Å²) in [5.41, 5.74) is 3.05. The molecule has 0 bridgehead atoms. The Morgan fingerprint density at radius 3 is 2.87 bits per heavy atom. The fourth-order valence-corrected chi connectivity index (χ4v) is 4.81. The van der Waals surface area contributed by atoms with Crippen molar-refractivity contribution in [1.82, 2.24) is 15.2 Å². The smallest absolute Gasteiger partial charge is 0.152 e. The van der Waals surface area contributed by atoms with Crippen LogP contribution >= 0.6 is 0 Å². The minimum absolute atomic E-state index is 0.305. The van der Waals surface area contributed by atoms with Crippen LogP contribution in [0.3, 0.4) is 0 Å². The number of benzene rings is 1. The van der Waals surface area contributed by atoms with Crippen LogP contribution in [0.2, 0.25) is 0 Å². The maximum Gasteiger partial charge on any atom is 0.152 e. The van der Waals surface area contributed by atoms with Crippen LogP contribution in [0, 0.1) is 17.1 Å². The number of aryl methyl sites for hydroxylation is 1. The largest absolute Gasteiger partial charge is 0.379 e. The van der Waals surface area contributed by atoms with E-state index in [9.17, 15) is 9.65 Å². The first kappa shape index (κ1) is 19.9. The number of aliphatic imine (C=N–C) groups is 1. The standard InChI is InChI=1S/C24H24FN5O/c25-18-7-6-17-4-3-8-24(19(17)14-18)20(15-26)22(16-30-10-12-31-13-11-30)28-23(29-24)21-5-1-2-9-27-21/h1-2,5-7,9,14H,3-4,8,10-13,16H2,(H,28,29). The average Bonchev–Trinajstić information content (AvgIpc) is 2.81. The van der Waals surface area contributed by atoms with Gasteiger partial charge in [0.2, 0.25) is 0 Å². The van der Waals surface area contributed by atoms with Crippen molar-refractivity contribution in [1.29, 1.82) is 5.26 Å². The zero-order valence-corrected chi connectivity index (χ0v) is 17.3. The van der Waals surface area contributed by atoms with Crippen molar-refractivity contribution in [2.24, 2.45) is 4.99 Å². The molecule has 1 fully saturated rings. The predicted octanol–water partition coefficient (Wildman–Crippen LogP) is 2.91. The molecule has 1 saturated heterocycles. The Bertz CT molecular complexity index is 1080. The number of hydrogen-bond donors (Lipinski definition) is 1. The number of pyridine rings is 1. The Morgan fingerprint density at radius 1 is 1.23 bits per heavy atom. The Hall–Kier alpha value is -3.08. The number of ether oxygens (including phenoxy) is 1. The number of rotatable bonds is 3. The van der Waals surface area contributed by atoms with E-state index in [-0.39, 0.29) is 5.82 Å². The van der Waals surface area contributed by atoms with E-state index in [4.69, 9.17) is 9.73 Å². The highest BCUT2D eigenvalue weighted by Crippen LogP contribution is 2.46. The summed E-state index contributed by atoms with van der Waals surface area (Å²) < 4.78 is 19.8. The molecule has 1 aliphatic carbocycles. The summed E-state index contributed by atoms with van der Waals surface area (Å²) in [6.45, 7) is 3.55. The lowest BCUT2D eigenvalue weighted by Gasteiger charge is -2.41. The van der Waals surface area contributed by atoms with Gasteiger partial charge in [0.15, 0.2) is 5.84 Å². The normalized spacial score (nSPS) is 23.7. The number of nitrogens with one attached hydrogen (secondary N) is 1. The van der Waals surface area contributed by atoms with Crippen LogP contribution in [0.1, 0.15) is 29.7 Å². The zero-order chi connectivity index (χ0) is 21.3. The van der Waals surface area contributed by atoms with Gasteiger partial charge in [0.25, 0.3) is 0 Å². The summed E-state index contributed by atoms with van der Waals surface area (Å²) in [5, 5.41) is 13.7. The monoisotopic (exact) mass is 417 g/mol. The first-order valence-corrected chi connectivity index (χ1v) is 10.7. The van der Waals surface area contributed by atoms with Gasteiger partial charge < -0.3 is 10.1 Å². The molecule has 1 N–H and O–H groups in total. The average molecular weight is 417 g/mol. The van der Waals surface area contributed by atoms with Gasteiger partial charge in [-0.1, -0.05) is 12.1 Å². The van der Waals surface area contributed by atoms with Crippen LogP contribution in [0.4, 0.5) is 4.39 Å². The van der Waals surface area contributed by atoms with E-state index in [1.165, 1.54) is 6.07 Å². The molecule has 1 atom stereocenters. The van der Waals surface area contributed by atoms with Gasteiger partial charge in [-0.3, -0.25) is 9.88 Å². The van der Waals surface area contributed by atoms with Gasteiger partial charge in [-0.25, -0.2) is 9.38 Å². The van der Waals surface area contributed by atoms with Gasteiger partial charge in [-0.05, 0) is 54.7 Å². The Morgan fingerprint density at radius 2 is 2.10 bits per heavy atom. The number of nitriles is 1. The van der Waals surface area contributed by atoms with Crippen molar-refractivity contribution < 1.29 is 9.13 Å². The van der Waals surface area contributed by atoms with Gasteiger partial charge >= 0.3 is 0 Å². The highest BCUT2D eigenvalue weighted by molar-refractivity contribution is 5.99. The lowest BCUT2D eigenvalue weighted by Crippen LogP contribution is -2.46. The van der Waals surface area contributed by atoms with Crippen LogP contribution in [0.5, 0.6) is 0 Å². The molecule has 3 aliphatic rings. The molecular formula is C24H24FN5O. The molecule has 31 heavy (non-hydrogen) atoms. The Balaban J connectivity index is 1.68. The van der Waals surface area contributed by atoms with Crippen molar-refractivity contribution in [2.45, 2.75) is 24.8 Å². The van der Waals surface area contributed by atoms with Crippen LogP contribution in [0.25, 0.3) is 0 Å². The number of aromatic nitrogens is 1. The number of halogens is 1. The number of nitrogens with zero attached hydrogens (tertiary/aromatic N) is 4. The SMILES string of the molecule is N#CC1=C(CN2CCOCC2)NC(c2ccccn2)=NC12CCCc1ccc(F)cc12. The lowest BCUT2D eigenvalue weighted by molar-refractivity contribution is 0.0416. The topological polar surface area (TPSA) is 73.5 Å². The number of hydrogen-bond acceptors (Lipinski definition) is 6. The summed E-state index contributed by atoms with van der Waals surface area (Å²) in [7, 11) is 0. The molecule has 1 spiro atoms. The van der Waals surface area contributed by atoms with E-state index in [2.05, 4.69) is 21.3 Å². The zero-order valence-electron chi connectivity index (χ0n) is 17.3. The highest BCUT2D eigenvalue weighted by Gasteiger charge is 2.45. The molecule has 7 heteroatoms. The van der Waals surface area contributed by atoms with Gasteiger partial charge in [0, 0.05) is 31.5 Å². The first-order chi connectivity index (χ1) is 15.2. The summed E-state index contributed by atoms with van der Waals surface area (Å²) in [5.74, 6) is 0.320. The summed E-state index contributed by atoms with van der Waals surface area (Å²) in [6.07, 6.45) is 4.13. The lowest BCUT2D eigenvalue weighted by atomic mass is 9.71. The third kappa shape index (κ3) is 3.62. The second kappa shape index (κ2) is 8.22. The quantitative estimate of drug-likeness (QED) is 0.831. The molecule has 1 unspecified atom stereocenters. The molecule has 3 heterocycles. The van der Waals surface area contributed by atoms with Crippen LogP contribution in [-0.2, 0) is 16.7 Å². The van der Waals surface area contributed by atoms with Crippen molar-refractivity contribution in [3.63, 3.8) is 0 Å². The maximum absolute atomic E-state index is 14.4. The number of amidine groups is 1.